The molecule has 6 rings (SSSR count). The lowest BCUT2D eigenvalue weighted by Gasteiger charge is -2.27. The molecule has 1 aliphatic carbocycles. The van der Waals surface area contributed by atoms with Gasteiger partial charge in [0.05, 0.1) is 10.2 Å². The summed E-state index contributed by atoms with van der Waals surface area (Å²) in [5.41, 5.74) is 2.83. The summed E-state index contributed by atoms with van der Waals surface area (Å²) in [5, 5.41) is 4.22. The molecule has 0 radical (unpaired) electrons. The molecule has 3 heterocycles. The number of H-pyrrole nitrogens is 1. The molecule has 2 aromatic carbocycles. The Balaban J connectivity index is 1.04. The molecule has 1 saturated heterocycles. The van der Waals surface area contributed by atoms with Crippen LogP contribution in [-0.2, 0) is 6.54 Å². The van der Waals surface area contributed by atoms with Crippen LogP contribution in [0.2, 0.25) is 0 Å². The predicted molar refractivity (Wildman–Crippen MR) is 125 cm³/mol. The number of carbonyl (C=O) groups is 1. The van der Waals surface area contributed by atoms with Crippen LogP contribution in [0.25, 0.3) is 10.2 Å². The Morgan fingerprint density at radius 2 is 2.03 bits per heavy atom. The second-order valence-electron chi connectivity index (χ2n) is 8.59. The Bertz CT molecular complexity index is 1200. The molecule has 0 spiro atoms. The van der Waals surface area contributed by atoms with Gasteiger partial charge in [0.15, 0.2) is 0 Å². The third kappa shape index (κ3) is 3.78. The molecule has 0 bridgehead atoms. The van der Waals surface area contributed by atoms with Crippen LogP contribution >= 0.6 is 11.3 Å². The Morgan fingerprint density at radius 3 is 2.84 bits per heavy atom. The topological polar surface area (TPSA) is 70.2 Å². The molecule has 2 fully saturated rings. The maximum atomic E-state index is 12.8. The highest BCUT2D eigenvalue weighted by Crippen LogP contribution is 2.49. The standard InChI is InChI=1S/C25H24N4O2S/c30-24(21-5-3-11-27-21)29-15-17-12-19(17)22(29)14-26-13-16-7-9-18(10-8-16)31-25-28-20-4-1-2-6-23(20)32-25/h1-11,17,19,22,26-27H,12-15H2. The van der Waals surface area contributed by atoms with Crippen LogP contribution in [0.5, 0.6) is 10.9 Å². The first-order valence-electron chi connectivity index (χ1n) is 11.0. The highest BCUT2D eigenvalue weighted by atomic mass is 32.1. The van der Waals surface area contributed by atoms with Crippen LogP contribution in [0.1, 0.15) is 22.5 Å². The van der Waals surface area contributed by atoms with Gasteiger partial charge in [-0.15, -0.1) is 0 Å². The molecular formula is C25H24N4O2S. The summed E-state index contributed by atoms with van der Waals surface area (Å²) in [7, 11) is 0. The van der Waals surface area contributed by atoms with E-state index < -0.39 is 0 Å². The summed E-state index contributed by atoms with van der Waals surface area (Å²) in [6.45, 7) is 2.46. The highest BCUT2D eigenvalue weighted by Gasteiger charge is 2.53. The smallest absolute Gasteiger partial charge is 0.279 e. The number of hydrogen-bond donors (Lipinski definition) is 2. The lowest BCUT2D eigenvalue weighted by atomic mass is 10.1. The summed E-state index contributed by atoms with van der Waals surface area (Å²) in [6, 6.07) is 20.2. The number of likely N-dealkylation sites (tertiary alicyclic amines) is 1. The van der Waals surface area contributed by atoms with E-state index in [4.69, 9.17) is 4.74 Å². The fourth-order valence-corrected chi connectivity index (χ4v) is 5.55. The molecule has 162 valence electrons. The van der Waals surface area contributed by atoms with Crippen molar-refractivity contribution in [3.8, 4) is 10.9 Å². The van der Waals surface area contributed by atoms with Crippen molar-refractivity contribution < 1.29 is 9.53 Å². The van der Waals surface area contributed by atoms with Gasteiger partial charge >= 0.3 is 0 Å². The fraction of sp³-hybridized carbons (Fsp3) is 0.280. The van der Waals surface area contributed by atoms with Crippen molar-refractivity contribution in [3.05, 3.63) is 78.1 Å². The van der Waals surface area contributed by atoms with Gasteiger partial charge in [0.25, 0.3) is 11.1 Å². The van der Waals surface area contributed by atoms with Crippen LogP contribution in [0.15, 0.2) is 66.9 Å². The summed E-state index contributed by atoms with van der Waals surface area (Å²) < 4.78 is 7.06. The van der Waals surface area contributed by atoms with Crippen molar-refractivity contribution in [2.45, 2.75) is 19.0 Å². The number of rotatable bonds is 7. The lowest BCUT2D eigenvalue weighted by Crippen LogP contribution is -2.44. The van der Waals surface area contributed by atoms with Crippen LogP contribution in [0.4, 0.5) is 0 Å². The number of para-hydroxylation sites is 1. The summed E-state index contributed by atoms with van der Waals surface area (Å²) in [5.74, 6) is 2.23. The molecule has 4 aromatic rings. The van der Waals surface area contributed by atoms with Gasteiger partial charge in [-0.25, -0.2) is 4.98 Å². The van der Waals surface area contributed by atoms with Crippen molar-refractivity contribution in [2.24, 2.45) is 11.8 Å². The van der Waals surface area contributed by atoms with E-state index >= 15 is 0 Å². The summed E-state index contributed by atoms with van der Waals surface area (Å²) >= 11 is 1.55. The molecule has 2 aliphatic rings. The number of nitrogens with zero attached hydrogens (tertiary/aromatic N) is 2. The van der Waals surface area contributed by atoms with Crippen LogP contribution in [0, 0.1) is 11.8 Å². The number of hydrogen-bond acceptors (Lipinski definition) is 5. The van der Waals surface area contributed by atoms with E-state index in [1.165, 1.54) is 12.0 Å². The molecule has 2 aromatic heterocycles. The molecular weight excluding hydrogens is 420 g/mol. The van der Waals surface area contributed by atoms with Crippen molar-refractivity contribution in [1.82, 2.24) is 20.2 Å². The highest BCUT2D eigenvalue weighted by molar-refractivity contribution is 7.20. The van der Waals surface area contributed by atoms with Crippen LogP contribution in [-0.4, -0.2) is 39.9 Å². The zero-order valence-corrected chi connectivity index (χ0v) is 18.3. The monoisotopic (exact) mass is 444 g/mol. The zero-order valence-electron chi connectivity index (χ0n) is 17.5. The van der Waals surface area contributed by atoms with E-state index in [0.29, 0.717) is 22.7 Å². The number of carbonyl (C=O) groups excluding carboxylic acids is 1. The number of amides is 1. The van der Waals surface area contributed by atoms with Crippen molar-refractivity contribution in [1.29, 1.82) is 0 Å². The second kappa shape index (κ2) is 8.07. The number of benzene rings is 2. The van der Waals surface area contributed by atoms with Gasteiger partial charge in [-0.2, -0.15) is 0 Å². The largest absolute Gasteiger partial charge is 0.431 e. The van der Waals surface area contributed by atoms with Crippen molar-refractivity contribution in [3.63, 3.8) is 0 Å². The molecule has 1 saturated carbocycles. The SMILES string of the molecule is O=C(c1ccc[nH]1)N1CC2CC2C1CNCc1ccc(Oc2nc3ccccc3s2)cc1. The number of nitrogens with one attached hydrogen (secondary N) is 2. The Labute approximate surface area is 190 Å². The minimum atomic E-state index is 0.116. The molecule has 1 aliphatic heterocycles. The molecule has 3 atom stereocenters. The minimum absolute atomic E-state index is 0.116. The predicted octanol–water partition coefficient (Wildman–Crippen LogP) is 4.67. The summed E-state index contributed by atoms with van der Waals surface area (Å²) in [4.78, 5) is 22.4. The average molecular weight is 445 g/mol. The van der Waals surface area contributed by atoms with Crippen LogP contribution < -0.4 is 10.1 Å². The Kier molecular flexibility index (Phi) is 4.92. The first kappa shape index (κ1) is 19.5. The number of piperidine rings is 1. The Hall–Kier alpha value is -3.16. The average Bonchev–Trinajstić information content (AvgIpc) is 3.17. The van der Waals surface area contributed by atoms with Gasteiger partial charge < -0.3 is 19.9 Å². The van der Waals surface area contributed by atoms with E-state index in [9.17, 15) is 4.79 Å². The number of aromatic amines is 1. The number of ether oxygens (including phenoxy) is 1. The molecule has 7 heteroatoms. The molecule has 32 heavy (non-hydrogen) atoms. The quantitative estimate of drug-likeness (QED) is 0.435. The number of aromatic nitrogens is 2. The third-order valence-electron chi connectivity index (χ3n) is 6.48. The minimum Gasteiger partial charge on any atom is -0.431 e. The first-order valence-corrected chi connectivity index (χ1v) is 11.8. The third-order valence-corrected chi connectivity index (χ3v) is 7.39. The number of fused-ring (bicyclic) bond motifs is 2. The van der Waals surface area contributed by atoms with E-state index in [1.807, 2.05) is 53.6 Å². The van der Waals surface area contributed by atoms with Gasteiger partial charge in [-0.3, -0.25) is 4.79 Å². The van der Waals surface area contributed by atoms with Gasteiger partial charge in [0.1, 0.15) is 11.4 Å². The van der Waals surface area contributed by atoms with E-state index in [0.717, 1.165) is 35.6 Å². The molecule has 2 N–H and O–H groups in total. The second-order valence-corrected chi connectivity index (χ2v) is 9.59. The van der Waals surface area contributed by atoms with E-state index in [-0.39, 0.29) is 11.9 Å². The van der Waals surface area contributed by atoms with Gasteiger partial charge in [-0.1, -0.05) is 35.6 Å². The van der Waals surface area contributed by atoms with Gasteiger partial charge in [0, 0.05) is 31.9 Å². The first-order chi connectivity index (χ1) is 15.7. The number of thiazole rings is 1. The zero-order chi connectivity index (χ0) is 21.5. The lowest BCUT2D eigenvalue weighted by molar-refractivity contribution is 0.0700. The van der Waals surface area contributed by atoms with Gasteiger partial charge in [-0.05, 0) is 60.2 Å². The summed E-state index contributed by atoms with van der Waals surface area (Å²) in [6.07, 6.45) is 3.06. The normalized spacial score (nSPS) is 21.6. The van der Waals surface area contributed by atoms with E-state index in [2.05, 4.69) is 33.5 Å². The Morgan fingerprint density at radius 1 is 1.16 bits per heavy atom. The molecule has 6 nitrogen and oxygen atoms in total. The molecule has 3 unspecified atom stereocenters. The van der Waals surface area contributed by atoms with E-state index in [1.54, 1.807) is 11.3 Å². The molecule has 1 amide bonds. The maximum Gasteiger partial charge on any atom is 0.279 e. The van der Waals surface area contributed by atoms with Crippen molar-refractivity contribution >= 4 is 27.5 Å². The van der Waals surface area contributed by atoms with Crippen molar-refractivity contribution in [2.75, 3.05) is 13.1 Å². The van der Waals surface area contributed by atoms with Crippen LogP contribution in [0.3, 0.4) is 0 Å². The maximum absolute atomic E-state index is 12.8. The van der Waals surface area contributed by atoms with Gasteiger partial charge in [0.2, 0.25) is 0 Å². The fourth-order valence-electron chi connectivity index (χ4n) is 4.72.